The highest BCUT2D eigenvalue weighted by molar-refractivity contribution is 9.10. The van der Waals surface area contributed by atoms with Crippen molar-refractivity contribution >= 4 is 21.8 Å². The van der Waals surface area contributed by atoms with Gasteiger partial charge >= 0.3 is 6.61 Å². The number of carbonyl (C=O) groups is 1. The third kappa shape index (κ3) is 5.42. The van der Waals surface area contributed by atoms with E-state index in [-0.39, 0.29) is 17.4 Å². The molecule has 0 spiro atoms. The van der Waals surface area contributed by atoms with Crippen molar-refractivity contribution in [1.29, 1.82) is 0 Å². The van der Waals surface area contributed by atoms with Crippen molar-refractivity contribution in [3.63, 3.8) is 0 Å². The third-order valence-electron chi connectivity index (χ3n) is 3.38. The minimum atomic E-state index is -2.96. The Hall–Kier alpha value is -2.16. The second-order valence-electron chi connectivity index (χ2n) is 5.18. The number of hydrogen-bond donors (Lipinski definition) is 1. The van der Waals surface area contributed by atoms with Gasteiger partial charge in [-0.1, -0.05) is 0 Å². The van der Waals surface area contributed by atoms with E-state index in [1.165, 1.54) is 25.3 Å². The average molecular weight is 418 g/mol. The lowest BCUT2D eigenvalue weighted by molar-refractivity contribution is -0.0512. The molecule has 25 heavy (non-hydrogen) atoms. The van der Waals surface area contributed by atoms with Crippen LogP contribution >= 0.6 is 15.9 Å². The molecule has 0 aliphatic heterocycles. The van der Waals surface area contributed by atoms with Crippen molar-refractivity contribution in [2.75, 3.05) is 13.7 Å². The number of rotatable bonds is 8. The van der Waals surface area contributed by atoms with E-state index in [2.05, 4.69) is 31.1 Å². The second-order valence-corrected chi connectivity index (χ2v) is 6.03. The standard InChI is InChI=1S/C16H18BrF2N3O3/c1-10-12(17)9-22(21-10)7-3-6-20-15(23)11-4-5-13(25-16(18)19)14(8-11)24-2/h4-5,8-9,16H,3,6-7H2,1-2H3,(H,20,23). The summed E-state index contributed by atoms with van der Waals surface area (Å²) in [5, 5.41) is 7.07. The maximum Gasteiger partial charge on any atom is 0.387 e. The Morgan fingerprint density at radius 1 is 1.40 bits per heavy atom. The summed E-state index contributed by atoms with van der Waals surface area (Å²) in [6.07, 6.45) is 2.58. The first-order valence-electron chi connectivity index (χ1n) is 7.51. The van der Waals surface area contributed by atoms with E-state index in [0.717, 1.165) is 10.2 Å². The van der Waals surface area contributed by atoms with E-state index in [9.17, 15) is 13.6 Å². The SMILES string of the molecule is COc1cc(C(=O)NCCCn2cc(Br)c(C)n2)ccc1OC(F)F. The number of amides is 1. The van der Waals surface area contributed by atoms with Crippen LogP contribution in [0.2, 0.25) is 0 Å². The zero-order valence-corrected chi connectivity index (χ0v) is 15.3. The number of nitrogens with one attached hydrogen (secondary N) is 1. The molecule has 1 heterocycles. The molecule has 2 rings (SSSR count). The lowest BCUT2D eigenvalue weighted by atomic mass is 10.2. The molecule has 0 fully saturated rings. The molecule has 1 aromatic heterocycles. The second kappa shape index (κ2) is 8.80. The number of aromatic nitrogens is 2. The van der Waals surface area contributed by atoms with Gasteiger partial charge in [0.15, 0.2) is 11.5 Å². The Morgan fingerprint density at radius 2 is 2.16 bits per heavy atom. The van der Waals surface area contributed by atoms with Gasteiger partial charge in [-0.2, -0.15) is 13.9 Å². The summed E-state index contributed by atoms with van der Waals surface area (Å²) in [7, 11) is 1.32. The highest BCUT2D eigenvalue weighted by Crippen LogP contribution is 2.29. The van der Waals surface area contributed by atoms with E-state index >= 15 is 0 Å². The van der Waals surface area contributed by atoms with E-state index in [4.69, 9.17) is 4.74 Å². The molecule has 0 atom stereocenters. The molecule has 0 saturated heterocycles. The molecule has 1 aromatic carbocycles. The minimum absolute atomic E-state index is 0.0739. The molecule has 9 heteroatoms. The van der Waals surface area contributed by atoms with Crippen molar-refractivity contribution in [2.45, 2.75) is 26.5 Å². The van der Waals surface area contributed by atoms with Crippen molar-refractivity contribution in [1.82, 2.24) is 15.1 Å². The quantitative estimate of drug-likeness (QED) is 0.668. The zero-order valence-electron chi connectivity index (χ0n) is 13.8. The van der Waals surface area contributed by atoms with Gasteiger partial charge in [-0.25, -0.2) is 0 Å². The van der Waals surface area contributed by atoms with Crippen LogP contribution in [-0.4, -0.2) is 36.0 Å². The van der Waals surface area contributed by atoms with E-state index in [1.807, 2.05) is 13.1 Å². The fourth-order valence-corrected chi connectivity index (χ4v) is 2.47. The predicted octanol–water partition coefficient (Wildman–Crippen LogP) is 3.38. The number of nitrogens with zero attached hydrogens (tertiary/aromatic N) is 2. The fraction of sp³-hybridized carbons (Fsp3) is 0.375. The van der Waals surface area contributed by atoms with Gasteiger partial charge in [0.2, 0.25) is 0 Å². The summed E-state index contributed by atoms with van der Waals surface area (Å²) in [6, 6.07) is 4.05. The molecule has 0 aliphatic carbocycles. The largest absolute Gasteiger partial charge is 0.493 e. The molecular formula is C16H18BrF2N3O3. The molecule has 1 amide bonds. The molecular weight excluding hydrogens is 400 g/mol. The van der Waals surface area contributed by atoms with Crippen molar-refractivity contribution in [3.05, 3.63) is 40.1 Å². The van der Waals surface area contributed by atoms with Crippen molar-refractivity contribution in [3.8, 4) is 11.5 Å². The first-order valence-corrected chi connectivity index (χ1v) is 8.30. The van der Waals surface area contributed by atoms with E-state index < -0.39 is 6.61 Å². The van der Waals surface area contributed by atoms with Crippen LogP contribution in [0.1, 0.15) is 22.5 Å². The molecule has 136 valence electrons. The molecule has 0 radical (unpaired) electrons. The fourth-order valence-electron chi connectivity index (χ4n) is 2.16. The van der Waals surface area contributed by atoms with Crippen LogP contribution in [0.3, 0.4) is 0 Å². The monoisotopic (exact) mass is 417 g/mol. The topological polar surface area (TPSA) is 65.4 Å². The number of hydrogen-bond acceptors (Lipinski definition) is 4. The van der Waals surface area contributed by atoms with Crippen LogP contribution in [0.4, 0.5) is 8.78 Å². The summed E-state index contributed by atoms with van der Waals surface area (Å²) in [5.41, 5.74) is 1.21. The third-order valence-corrected chi connectivity index (χ3v) is 4.16. The highest BCUT2D eigenvalue weighted by atomic mass is 79.9. The Bertz CT molecular complexity index is 718. The highest BCUT2D eigenvalue weighted by Gasteiger charge is 2.14. The van der Waals surface area contributed by atoms with Gasteiger partial charge in [0.05, 0.1) is 17.3 Å². The Morgan fingerprint density at radius 3 is 2.76 bits per heavy atom. The number of carbonyl (C=O) groups excluding carboxylic acids is 1. The van der Waals surface area contributed by atoms with Gasteiger partial charge < -0.3 is 14.8 Å². The molecule has 0 unspecified atom stereocenters. The summed E-state index contributed by atoms with van der Waals surface area (Å²) >= 11 is 3.39. The van der Waals surface area contributed by atoms with Gasteiger partial charge in [-0.15, -0.1) is 0 Å². The number of ether oxygens (including phenoxy) is 2. The Balaban J connectivity index is 1.87. The maximum absolute atomic E-state index is 12.3. The lowest BCUT2D eigenvalue weighted by Gasteiger charge is -2.11. The lowest BCUT2D eigenvalue weighted by Crippen LogP contribution is -2.25. The van der Waals surface area contributed by atoms with E-state index in [0.29, 0.717) is 25.1 Å². The number of benzene rings is 1. The molecule has 2 aromatic rings. The normalized spacial score (nSPS) is 10.8. The Labute approximate surface area is 152 Å². The molecule has 0 saturated carbocycles. The molecule has 6 nitrogen and oxygen atoms in total. The molecule has 0 bridgehead atoms. The van der Waals surface area contributed by atoms with Gasteiger partial charge in [0, 0.05) is 24.8 Å². The molecule has 1 N–H and O–H groups in total. The van der Waals surface area contributed by atoms with Gasteiger partial charge in [0.1, 0.15) is 0 Å². The van der Waals surface area contributed by atoms with Gasteiger partial charge in [-0.05, 0) is 47.5 Å². The molecule has 0 aliphatic rings. The number of aryl methyl sites for hydroxylation is 2. The van der Waals surface area contributed by atoms with Gasteiger partial charge in [0.25, 0.3) is 5.91 Å². The van der Waals surface area contributed by atoms with Crippen molar-refractivity contribution in [2.24, 2.45) is 0 Å². The van der Waals surface area contributed by atoms with Crippen LogP contribution in [0.5, 0.6) is 11.5 Å². The summed E-state index contributed by atoms with van der Waals surface area (Å²) in [4.78, 5) is 12.1. The number of halogens is 3. The predicted molar refractivity (Wildman–Crippen MR) is 91.2 cm³/mol. The zero-order chi connectivity index (χ0) is 18.4. The van der Waals surface area contributed by atoms with Crippen LogP contribution in [0, 0.1) is 6.92 Å². The van der Waals surface area contributed by atoms with E-state index in [1.54, 1.807) is 4.68 Å². The number of alkyl halides is 2. The maximum atomic E-state index is 12.3. The first kappa shape index (κ1) is 19.2. The van der Waals surface area contributed by atoms with Crippen LogP contribution in [0.25, 0.3) is 0 Å². The average Bonchev–Trinajstić information content (AvgIpc) is 2.89. The van der Waals surface area contributed by atoms with Crippen LogP contribution in [0.15, 0.2) is 28.9 Å². The summed E-state index contributed by atoms with van der Waals surface area (Å²) < 4.78 is 36.6. The van der Waals surface area contributed by atoms with Crippen LogP contribution < -0.4 is 14.8 Å². The smallest absolute Gasteiger partial charge is 0.387 e. The number of methoxy groups -OCH3 is 1. The Kier molecular flexibility index (Phi) is 6.74. The first-order chi connectivity index (χ1) is 11.9. The van der Waals surface area contributed by atoms with Gasteiger partial charge in [-0.3, -0.25) is 9.48 Å². The van der Waals surface area contributed by atoms with Crippen LogP contribution in [-0.2, 0) is 6.54 Å². The minimum Gasteiger partial charge on any atom is -0.493 e. The summed E-state index contributed by atoms with van der Waals surface area (Å²) in [6.45, 7) is 0.0565. The van der Waals surface area contributed by atoms with Crippen molar-refractivity contribution < 1.29 is 23.0 Å². The summed E-state index contributed by atoms with van der Waals surface area (Å²) in [5.74, 6) is -0.363.